The van der Waals surface area contributed by atoms with Crippen LogP contribution in [-0.2, 0) is 0 Å². The van der Waals surface area contributed by atoms with Crippen molar-refractivity contribution in [2.75, 3.05) is 41.3 Å². The molecule has 6 rings (SSSR count). The van der Waals surface area contributed by atoms with Crippen molar-refractivity contribution < 1.29 is 58.2 Å². The van der Waals surface area contributed by atoms with Crippen LogP contribution in [0.2, 0.25) is 0 Å². The molecule has 0 radical (unpaired) electrons. The minimum atomic E-state index is -5.28. The minimum absolute atomic E-state index is 0.0951. The Kier molecular flexibility index (Phi) is 8.67. The van der Waals surface area contributed by atoms with E-state index >= 15 is 0 Å². The third-order valence-electron chi connectivity index (χ3n) is 8.79. The van der Waals surface area contributed by atoms with Crippen molar-refractivity contribution in [1.29, 1.82) is 5.26 Å². The van der Waals surface area contributed by atoms with E-state index in [1.54, 1.807) is 0 Å². The highest BCUT2D eigenvalue weighted by Gasteiger charge is 2.43. The van der Waals surface area contributed by atoms with Crippen LogP contribution in [0.25, 0.3) is 0 Å². The number of hydrogen-bond acceptors (Lipinski definition) is 8. The van der Waals surface area contributed by atoms with Crippen LogP contribution >= 0.6 is 0 Å². The molecule has 0 aromatic carbocycles. The van der Waals surface area contributed by atoms with Gasteiger partial charge in [0.1, 0.15) is 17.5 Å². The maximum absolute atomic E-state index is 14.1. The van der Waals surface area contributed by atoms with Gasteiger partial charge in [-0.15, -0.1) is 26.3 Å². The zero-order valence-electron chi connectivity index (χ0n) is 25.5. The lowest BCUT2D eigenvalue weighted by atomic mass is 10.0. The molecule has 1 N–H and O–H groups in total. The summed E-state index contributed by atoms with van der Waals surface area (Å²) in [5, 5.41) is 12.7. The molecular formula is C30H28F10N6O3. The second-order valence-corrected chi connectivity index (χ2v) is 12.6. The second kappa shape index (κ2) is 12.3. The lowest BCUT2D eigenvalue weighted by Crippen LogP contribution is -2.41. The molecule has 4 aliphatic rings. The molecule has 4 heterocycles. The second-order valence-electron chi connectivity index (χ2n) is 12.6. The molecule has 9 nitrogen and oxygen atoms in total. The first-order chi connectivity index (χ1) is 22.8. The molecule has 49 heavy (non-hydrogen) atoms. The number of pyridine rings is 2. The van der Waals surface area contributed by atoms with Crippen molar-refractivity contribution in [2.45, 2.75) is 87.8 Å². The van der Waals surface area contributed by atoms with Gasteiger partial charge in [0, 0.05) is 63.0 Å². The van der Waals surface area contributed by atoms with E-state index in [-0.39, 0.29) is 11.1 Å². The van der Waals surface area contributed by atoms with Crippen LogP contribution in [0.3, 0.4) is 0 Å². The van der Waals surface area contributed by atoms with Gasteiger partial charge in [0.15, 0.2) is 5.82 Å². The maximum atomic E-state index is 14.1. The van der Waals surface area contributed by atoms with E-state index in [0.717, 1.165) is 6.07 Å². The van der Waals surface area contributed by atoms with Crippen molar-refractivity contribution in [2.24, 2.45) is 0 Å². The molecular weight excluding hydrogens is 682 g/mol. The highest BCUT2D eigenvalue weighted by molar-refractivity contribution is 6.09. The molecule has 0 atom stereocenters. The summed E-state index contributed by atoms with van der Waals surface area (Å²) >= 11 is 0. The summed E-state index contributed by atoms with van der Waals surface area (Å²) in [5.41, 5.74) is -1.67. The molecule has 2 saturated heterocycles. The zero-order valence-corrected chi connectivity index (χ0v) is 25.5. The number of ether oxygens (including phenoxy) is 2. The monoisotopic (exact) mass is 710 g/mol. The smallest absolute Gasteiger partial charge is 0.387 e. The van der Waals surface area contributed by atoms with Gasteiger partial charge in [-0.3, -0.25) is 4.79 Å². The number of hydrogen-bond donors (Lipinski definition) is 1. The van der Waals surface area contributed by atoms with Crippen LogP contribution in [0.5, 0.6) is 11.8 Å². The van der Waals surface area contributed by atoms with Crippen LogP contribution < -0.4 is 24.6 Å². The van der Waals surface area contributed by atoms with Gasteiger partial charge in [-0.05, 0) is 43.6 Å². The molecule has 2 aliphatic heterocycles. The summed E-state index contributed by atoms with van der Waals surface area (Å²) < 4.78 is 146. The fourth-order valence-electron chi connectivity index (χ4n) is 6.03. The minimum Gasteiger partial charge on any atom is -0.387 e. The third-order valence-corrected chi connectivity index (χ3v) is 8.79. The highest BCUT2D eigenvalue weighted by Crippen LogP contribution is 2.52. The van der Waals surface area contributed by atoms with Gasteiger partial charge in [-0.25, -0.2) is 17.6 Å². The lowest BCUT2D eigenvalue weighted by Gasteiger charge is -2.34. The number of amides is 1. The molecule has 4 fully saturated rings. The van der Waals surface area contributed by atoms with E-state index in [1.807, 2.05) is 6.07 Å². The topological polar surface area (TPSA) is 104 Å². The number of nitriles is 1. The van der Waals surface area contributed by atoms with Gasteiger partial charge < -0.3 is 24.6 Å². The standard InChI is InChI=1S/C30H28F10N6O3/c31-27(32)5-9-45(10-6-27)22-18(13-17(15-1-2-15)25(43-22)48-29(35,36)37)24(47)42-21-19(14-41)23(46-11-7-28(33,34)8-12-46)44-26(49-30(38,39)40)20(21)16-3-4-16/h13,15-16H,1-12H2,(H,42,44,47). The van der Waals surface area contributed by atoms with E-state index in [4.69, 9.17) is 0 Å². The van der Waals surface area contributed by atoms with E-state index in [9.17, 15) is 54.0 Å². The lowest BCUT2D eigenvalue weighted by molar-refractivity contribution is -0.277. The van der Waals surface area contributed by atoms with E-state index in [2.05, 4.69) is 24.8 Å². The predicted octanol–water partition coefficient (Wildman–Crippen LogP) is 7.62. The molecule has 0 unspecified atom stereocenters. The van der Waals surface area contributed by atoms with Crippen LogP contribution in [0.4, 0.5) is 61.2 Å². The number of halogens is 10. The van der Waals surface area contributed by atoms with E-state index < -0.39 is 134 Å². The Balaban J connectivity index is 1.47. The van der Waals surface area contributed by atoms with Crippen LogP contribution in [0, 0.1) is 11.3 Å². The molecule has 2 aromatic heterocycles. The first kappa shape index (κ1) is 34.6. The predicted molar refractivity (Wildman–Crippen MR) is 151 cm³/mol. The van der Waals surface area contributed by atoms with Crippen molar-refractivity contribution in [3.8, 4) is 17.8 Å². The first-order valence-corrected chi connectivity index (χ1v) is 15.4. The summed E-state index contributed by atoms with van der Waals surface area (Å²) in [4.78, 5) is 24.4. The molecule has 1 amide bonds. The van der Waals surface area contributed by atoms with Crippen LogP contribution in [-0.4, -0.2) is 66.6 Å². The van der Waals surface area contributed by atoms with E-state index in [0.29, 0.717) is 25.7 Å². The van der Waals surface area contributed by atoms with Gasteiger partial charge in [0.2, 0.25) is 11.8 Å². The highest BCUT2D eigenvalue weighted by atomic mass is 19.4. The molecule has 2 aromatic rings. The molecule has 2 saturated carbocycles. The van der Waals surface area contributed by atoms with Gasteiger partial charge in [-0.2, -0.15) is 15.2 Å². The summed E-state index contributed by atoms with van der Waals surface area (Å²) in [6.45, 7) is -1.60. The molecule has 0 bridgehead atoms. The number of alkyl halides is 10. The molecule has 266 valence electrons. The normalized spacial score (nSPS) is 20.8. The maximum Gasteiger partial charge on any atom is 0.574 e. The van der Waals surface area contributed by atoms with Gasteiger partial charge in [0.25, 0.3) is 17.8 Å². The van der Waals surface area contributed by atoms with Crippen LogP contribution in [0.1, 0.15) is 90.3 Å². The summed E-state index contributed by atoms with van der Waals surface area (Å²) in [5.74, 6) is -11.2. The van der Waals surface area contributed by atoms with E-state index in [1.165, 1.54) is 9.80 Å². The Morgan fingerprint density at radius 1 is 0.796 bits per heavy atom. The fourth-order valence-corrected chi connectivity index (χ4v) is 6.03. The fraction of sp³-hybridized carbons (Fsp3) is 0.600. The van der Waals surface area contributed by atoms with Crippen molar-refractivity contribution in [1.82, 2.24) is 9.97 Å². The summed E-state index contributed by atoms with van der Waals surface area (Å²) in [6.07, 6.45) is -11.8. The Morgan fingerprint density at radius 2 is 1.27 bits per heavy atom. The molecule has 0 spiro atoms. The third kappa shape index (κ3) is 7.99. The van der Waals surface area contributed by atoms with Crippen molar-refractivity contribution in [3.05, 3.63) is 28.3 Å². The molecule has 19 heteroatoms. The average Bonchev–Trinajstić information content (AvgIpc) is 3.90. The van der Waals surface area contributed by atoms with Crippen molar-refractivity contribution >= 4 is 23.2 Å². The average molecular weight is 711 g/mol. The summed E-state index contributed by atoms with van der Waals surface area (Å²) in [7, 11) is 0. The Labute approximate surface area is 272 Å². The number of piperidine rings is 2. The zero-order chi connectivity index (χ0) is 35.5. The number of nitrogens with one attached hydrogen (secondary N) is 1. The van der Waals surface area contributed by atoms with Gasteiger partial charge >= 0.3 is 12.7 Å². The number of carbonyl (C=O) groups excluding carboxylic acids is 1. The Hall–Kier alpha value is -4.24. The Bertz CT molecular complexity index is 1650. The van der Waals surface area contributed by atoms with Gasteiger partial charge in [0.05, 0.1) is 11.3 Å². The number of aromatic nitrogens is 2. The first-order valence-electron chi connectivity index (χ1n) is 15.4. The Morgan fingerprint density at radius 3 is 1.73 bits per heavy atom. The number of rotatable bonds is 8. The number of nitrogens with zero attached hydrogens (tertiary/aromatic N) is 5. The SMILES string of the molecule is N#Cc1c(N2CCC(F)(F)CC2)nc(OC(F)(F)F)c(C2CC2)c1NC(=O)c1cc(C2CC2)c(OC(F)(F)F)nc1N1CCC(F)(F)CC1. The van der Waals surface area contributed by atoms with Gasteiger partial charge in [-0.1, -0.05) is 0 Å². The largest absolute Gasteiger partial charge is 0.574 e. The quantitative estimate of drug-likeness (QED) is 0.279. The summed E-state index contributed by atoms with van der Waals surface area (Å²) in [6, 6.07) is 2.89. The van der Waals surface area contributed by atoms with Crippen LogP contribution in [0.15, 0.2) is 6.07 Å². The number of anilines is 3. The number of carbonyl (C=O) groups is 1. The molecule has 2 aliphatic carbocycles. The van der Waals surface area contributed by atoms with Crippen molar-refractivity contribution in [3.63, 3.8) is 0 Å².